The Morgan fingerprint density at radius 3 is 1.57 bits per heavy atom. The van der Waals surface area contributed by atoms with E-state index in [2.05, 4.69) is 19.2 Å². The first-order valence-corrected chi connectivity index (χ1v) is 15.6. The molecule has 0 fully saturated rings. The number of hydrogen-bond donors (Lipinski definition) is 2. The van der Waals surface area contributed by atoms with Gasteiger partial charge in [-0.2, -0.15) is 0 Å². The van der Waals surface area contributed by atoms with Crippen molar-refractivity contribution in [1.29, 1.82) is 0 Å². The molecule has 2 amide bonds. The Labute approximate surface area is 229 Å². The number of carbonyl (C=O) groups is 2. The van der Waals surface area contributed by atoms with Gasteiger partial charge in [0.1, 0.15) is 0 Å². The van der Waals surface area contributed by atoms with Gasteiger partial charge in [0.2, 0.25) is 11.8 Å². The quantitative estimate of drug-likeness (QED) is 0.117. The van der Waals surface area contributed by atoms with E-state index in [-0.39, 0.29) is 24.7 Å². The molecule has 0 spiro atoms. The fourth-order valence-electron chi connectivity index (χ4n) is 4.37. The van der Waals surface area contributed by atoms with Crippen LogP contribution in [-0.4, -0.2) is 69.3 Å². The third kappa shape index (κ3) is 26.2. The maximum Gasteiger partial charge on any atom is 0.223 e. The molecule has 0 heterocycles. The van der Waals surface area contributed by atoms with Crippen molar-refractivity contribution < 1.29 is 19.1 Å². The van der Waals surface area contributed by atoms with Gasteiger partial charge in [-0.05, 0) is 12.8 Å². The summed E-state index contributed by atoms with van der Waals surface area (Å²) in [5.41, 5.74) is 5.36. The summed E-state index contributed by atoms with van der Waals surface area (Å²) in [5, 5.41) is 2.85. The number of hydrogen-bond acceptors (Lipinski definition) is 5. The van der Waals surface area contributed by atoms with Crippen molar-refractivity contribution in [2.45, 2.75) is 129 Å². The van der Waals surface area contributed by atoms with Crippen LogP contribution in [0.25, 0.3) is 0 Å². The third-order valence-corrected chi connectivity index (χ3v) is 6.68. The summed E-state index contributed by atoms with van der Waals surface area (Å²) in [6.07, 6.45) is 20.7. The van der Waals surface area contributed by atoms with Gasteiger partial charge in [0.25, 0.3) is 0 Å². The first kappa shape index (κ1) is 35.8. The van der Waals surface area contributed by atoms with Gasteiger partial charge in [-0.3, -0.25) is 9.59 Å². The van der Waals surface area contributed by atoms with Crippen LogP contribution in [-0.2, 0) is 19.1 Å². The molecule has 0 aliphatic carbocycles. The molecule has 37 heavy (non-hydrogen) atoms. The van der Waals surface area contributed by atoms with Gasteiger partial charge in [0, 0.05) is 39.0 Å². The average Bonchev–Trinajstić information content (AvgIpc) is 2.90. The fraction of sp³-hybridized carbons (Fsp3) is 0.933. The molecule has 0 radical (unpaired) electrons. The van der Waals surface area contributed by atoms with E-state index in [0.717, 1.165) is 25.9 Å². The van der Waals surface area contributed by atoms with E-state index in [1.807, 2.05) is 4.90 Å². The van der Waals surface area contributed by atoms with Crippen molar-refractivity contribution in [2.75, 3.05) is 52.6 Å². The van der Waals surface area contributed by atoms with Gasteiger partial charge in [-0.1, -0.05) is 104 Å². The van der Waals surface area contributed by atoms with E-state index in [9.17, 15) is 9.59 Å². The van der Waals surface area contributed by atoms with Crippen LogP contribution in [0.2, 0.25) is 0 Å². The number of carbonyl (C=O) groups excluding carboxylic acids is 2. The highest BCUT2D eigenvalue weighted by Gasteiger charge is 2.14. The highest BCUT2D eigenvalue weighted by Crippen LogP contribution is 2.12. The molecule has 220 valence electrons. The first-order chi connectivity index (χ1) is 18.2. The minimum Gasteiger partial charge on any atom is -0.378 e. The zero-order valence-corrected chi connectivity index (χ0v) is 24.5. The zero-order valence-electron chi connectivity index (χ0n) is 24.5. The summed E-state index contributed by atoms with van der Waals surface area (Å²) in [6.45, 7) is 9.07. The van der Waals surface area contributed by atoms with Crippen molar-refractivity contribution >= 4 is 11.8 Å². The van der Waals surface area contributed by atoms with E-state index in [1.165, 1.54) is 89.9 Å². The van der Waals surface area contributed by atoms with E-state index in [0.29, 0.717) is 39.5 Å². The normalized spacial score (nSPS) is 11.1. The van der Waals surface area contributed by atoms with Gasteiger partial charge >= 0.3 is 0 Å². The molecule has 0 aromatic heterocycles. The van der Waals surface area contributed by atoms with Crippen LogP contribution in [0.15, 0.2) is 0 Å². The van der Waals surface area contributed by atoms with Crippen LogP contribution in [0.1, 0.15) is 129 Å². The van der Waals surface area contributed by atoms with Crippen molar-refractivity contribution in [3.8, 4) is 0 Å². The summed E-state index contributed by atoms with van der Waals surface area (Å²) in [5.74, 6) is 0.0322. The molecule has 3 N–H and O–H groups in total. The Morgan fingerprint density at radius 1 is 0.622 bits per heavy atom. The molecule has 0 bridgehead atoms. The van der Waals surface area contributed by atoms with Crippen LogP contribution in [0.3, 0.4) is 0 Å². The fourth-order valence-corrected chi connectivity index (χ4v) is 4.37. The smallest absolute Gasteiger partial charge is 0.223 e. The monoisotopic (exact) mass is 527 g/mol. The van der Waals surface area contributed by atoms with Gasteiger partial charge < -0.3 is 25.4 Å². The topological polar surface area (TPSA) is 93.9 Å². The zero-order chi connectivity index (χ0) is 27.2. The van der Waals surface area contributed by atoms with Crippen LogP contribution < -0.4 is 11.1 Å². The molecule has 0 rings (SSSR count). The molecule has 0 atom stereocenters. The molecular weight excluding hydrogens is 466 g/mol. The second-order valence-corrected chi connectivity index (χ2v) is 10.2. The lowest BCUT2D eigenvalue weighted by molar-refractivity contribution is -0.133. The Morgan fingerprint density at radius 2 is 1.08 bits per heavy atom. The predicted octanol–water partition coefficient (Wildman–Crippen LogP) is 5.98. The number of unbranched alkanes of at least 4 members (excludes halogenated alkanes) is 14. The molecule has 7 heteroatoms. The Hall–Kier alpha value is -1.18. The highest BCUT2D eigenvalue weighted by atomic mass is 16.5. The molecule has 0 aliphatic heterocycles. The number of nitrogens with two attached hydrogens (primary N) is 1. The Balaban J connectivity index is 4.17. The van der Waals surface area contributed by atoms with Crippen molar-refractivity contribution in [3.05, 3.63) is 0 Å². The molecule has 0 aromatic rings. The van der Waals surface area contributed by atoms with Gasteiger partial charge in [-0.15, -0.1) is 0 Å². The summed E-state index contributed by atoms with van der Waals surface area (Å²) in [6, 6.07) is 0. The van der Waals surface area contributed by atoms with E-state index < -0.39 is 0 Å². The number of amides is 2. The van der Waals surface area contributed by atoms with Gasteiger partial charge in [-0.25, -0.2) is 0 Å². The lowest BCUT2D eigenvalue weighted by atomic mass is 10.1. The molecule has 0 aromatic carbocycles. The molecule has 0 saturated carbocycles. The van der Waals surface area contributed by atoms with Gasteiger partial charge in [0.05, 0.1) is 26.4 Å². The molecule has 7 nitrogen and oxygen atoms in total. The number of ether oxygens (including phenoxy) is 2. The highest BCUT2D eigenvalue weighted by molar-refractivity contribution is 5.83. The minimum atomic E-state index is -0.0876. The maximum absolute atomic E-state index is 12.9. The number of nitrogens with one attached hydrogen (secondary N) is 1. The first-order valence-electron chi connectivity index (χ1n) is 15.6. The van der Waals surface area contributed by atoms with E-state index in [1.54, 1.807) is 0 Å². The van der Waals surface area contributed by atoms with Crippen molar-refractivity contribution in [1.82, 2.24) is 10.2 Å². The predicted molar refractivity (Wildman–Crippen MR) is 155 cm³/mol. The van der Waals surface area contributed by atoms with Crippen LogP contribution in [0.5, 0.6) is 0 Å². The molecular formula is C30H61N3O4. The summed E-state index contributed by atoms with van der Waals surface area (Å²) in [7, 11) is 0. The van der Waals surface area contributed by atoms with E-state index >= 15 is 0 Å². The number of nitrogens with zero attached hydrogens (tertiary/aromatic N) is 1. The Kier molecular flexibility index (Phi) is 28.4. The summed E-state index contributed by atoms with van der Waals surface area (Å²) < 4.78 is 10.7. The maximum atomic E-state index is 12.9. The summed E-state index contributed by atoms with van der Waals surface area (Å²) >= 11 is 0. The van der Waals surface area contributed by atoms with E-state index in [4.69, 9.17) is 15.2 Å². The minimum absolute atomic E-state index is 0.0876. The molecule has 0 unspecified atom stereocenters. The largest absolute Gasteiger partial charge is 0.378 e. The third-order valence-electron chi connectivity index (χ3n) is 6.68. The van der Waals surface area contributed by atoms with Crippen LogP contribution >= 0.6 is 0 Å². The van der Waals surface area contributed by atoms with Crippen molar-refractivity contribution in [2.24, 2.45) is 5.73 Å². The molecule has 0 saturated heterocycles. The van der Waals surface area contributed by atoms with Gasteiger partial charge in [0.15, 0.2) is 0 Å². The summed E-state index contributed by atoms with van der Waals surface area (Å²) in [4.78, 5) is 27.1. The lowest BCUT2D eigenvalue weighted by Gasteiger charge is -2.23. The second kappa shape index (κ2) is 29.4. The Bertz CT molecular complexity index is 485. The average molecular weight is 528 g/mol. The standard InChI is InChI=1S/C30H61N3O4/c1-3-5-7-9-11-13-15-17-23-33(24-18-16-14-12-10-8-6-4-2)30(35)20-19-29(34)32-22-26-37-28-27-36-25-21-31/h3-28,31H2,1-2H3,(H,32,34). The van der Waals surface area contributed by atoms with Crippen LogP contribution in [0, 0.1) is 0 Å². The van der Waals surface area contributed by atoms with Crippen LogP contribution in [0.4, 0.5) is 0 Å². The lowest BCUT2D eigenvalue weighted by Crippen LogP contribution is -2.34. The van der Waals surface area contributed by atoms with Crippen molar-refractivity contribution in [3.63, 3.8) is 0 Å². The number of rotatable bonds is 29. The SMILES string of the molecule is CCCCCCCCCCN(CCCCCCCCCC)C(=O)CCC(=O)NCCOCCOCCN. The second-order valence-electron chi connectivity index (χ2n) is 10.2. The molecule has 0 aliphatic rings.